The lowest BCUT2D eigenvalue weighted by atomic mass is 10.1. The summed E-state index contributed by atoms with van der Waals surface area (Å²) in [6.07, 6.45) is 4.34. The van der Waals surface area contributed by atoms with Gasteiger partial charge in [0.25, 0.3) is 5.91 Å². The van der Waals surface area contributed by atoms with Crippen molar-refractivity contribution >= 4 is 35.7 Å². The maximum atomic E-state index is 12.3. The van der Waals surface area contributed by atoms with Crippen LogP contribution in [-0.2, 0) is 9.53 Å². The van der Waals surface area contributed by atoms with Crippen LogP contribution in [-0.4, -0.2) is 24.8 Å². The van der Waals surface area contributed by atoms with Gasteiger partial charge in [-0.15, -0.1) is 0 Å². The first-order valence-electron chi connectivity index (χ1n) is 7.97. The molecule has 2 aromatic rings. The van der Waals surface area contributed by atoms with Crippen LogP contribution in [0.25, 0.3) is 6.08 Å². The molecular weight excluding hydrogens is 332 g/mol. The van der Waals surface area contributed by atoms with E-state index in [0.29, 0.717) is 23.5 Å². The highest BCUT2D eigenvalue weighted by Gasteiger charge is 2.06. The number of carbonyl (C=O) groups is 2. The molecule has 7 heteroatoms. The lowest BCUT2D eigenvalue weighted by Crippen LogP contribution is -2.18. The van der Waals surface area contributed by atoms with Crippen LogP contribution in [0.2, 0.25) is 0 Å². The molecule has 1 amide bonds. The van der Waals surface area contributed by atoms with Crippen LogP contribution >= 0.6 is 0 Å². The van der Waals surface area contributed by atoms with Crippen molar-refractivity contribution in [3.8, 4) is 0 Å². The second kappa shape index (κ2) is 9.75. The van der Waals surface area contributed by atoms with E-state index >= 15 is 0 Å². The van der Waals surface area contributed by atoms with E-state index in [-0.39, 0.29) is 5.91 Å². The molecule has 0 atom stereocenters. The smallest absolute Gasteiger partial charge is 0.330 e. The monoisotopic (exact) mass is 352 g/mol. The second-order valence-electron chi connectivity index (χ2n) is 5.14. The van der Waals surface area contributed by atoms with E-state index in [1.807, 2.05) is 0 Å². The number of nitrogens with zero attached hydrogens (tertiary/aromatic N) is 1. The number of hydrogen-bond donors (Lipinski definition) is 3. The maximum absolute atomic E-state index is 12.3. The van der Waals surface area contributed by atoms with Crippen LogP contribution in [0.5, 0.6) is 0 Å². The van der Waals surface area contributed by atoms with Crippen LogP contribution in [0, 0.1) is 0 Å². The van der Waals surface area contributed by atoms with Crippen molar-refractivity contribution < 1.29 is 14.3 Å². The summed E-state index contributed by atoms with van der Waals surface area (Å²) in [6, 6.07) is 13.9. The Kier molecular flexibility index (Phi) is 7.08. The van der Waals surface area contributed by atoms with Gasteiger partial charge in [-0.25, -0.2) is 15.6 Å². The third kappa shape index (κ3) is 5.88. The number of carbonyl (C=O) groups excluding carboxylic acids is 2. The first-order chi connectivity index (χ1) is 12.6. The molecule has 0 aliphatic heterocycles. The number of hydrazine groups is 1. The topological polar surface area (TPSA) is 106 Å². The fourth-order valence-electron chi connectivity index (χ4n) is 2.07. The first-order valence-corrected chi connectivity index (χ1v) is 7.97. The van der Waals surface area contributed by atoms with Gasteiger partial charge in [0.15, 0.2) is 0 Å². The van der Waals surface area contributed by atoms with Crippen molar-refractivity contribution in [3.63, 3.8) is 0 Å². The van der Waals surface area contributed by atoms with Crippen LogP contribution < -0.4 is 16.6 Å². The van der Waals surface area contributed by atoms with E-state index in [0.717, 1.165) is 5.56 Å². The Morgan fingerprint density at radius 3 is 2.65 bits per heavy atom. The Bertz CT molecular complexity index is 814. The Labute approximate surface area is 151 Å². The molecule has 0 fully saturated rings. The number of nitrogens with one attached hydrogen (secondary N) is 2. The lowest BCUT2D eigenvalue weighted by molar-refractivity contribution is -0.137. The van der Waals surface area contributed by atoms with Gasteiger partial charge in [-0.05, 0) is 48.9 Å². The van der Waals surface area contributed by atoms with Gasteiger partial charge in [0.05, 0.1) is 12.3 Å². The molecule has 2 aromatic carbocycles. The number of anilines is 1. The van der Waals surface area contributed by atoms with Gasteiger partial charge in [-0.1, -0.05) is 18.2 Å². The van der Waals surface area contributed by atoms with Gasteiger partial charge in [0, 0.05) is 17.3 Å². The number of aliphatic imine (C=N–C) groups is 1. The van der Waals surface area contributed by atoms with Crippen molar-refractivity contribution in [2.75, 3.05) is 11.9 Å². The van der Waals surface area contributed by atoms with E-state index in [9.17, 15) is 9.59 Å². The molecule has 0 spiro atoms. The summed E-state index contributed by atoms with van der Waals surface area (Å²) >= 11 is 0. The Morgan fingerprint density at radius 2 is 1.96 bits per heavy atom. The molecule has 4 N–H and O–H groups in total. The van der Waals surface area contributed by atoms with Gasteiger partial charge >= 0.3 is 5.97 Å². The fourth-order valence-corrected chi connectivity index (χ4v) is 2.07. The van der Waals surface area contributed by atoms with E-state index in [2.05, 4.69) is 15.7 Å². The zero-order valence-corrected chi connectivity index (χ0v) is 14.3. The number of rotatable bonds is 7. The molecule has 0 saturated heterocycles. The molecule has 0 bridgehead atoms. The second-order valence-corrected chi connectivity index (χ2v) is 5.14. The molecule has 2 rings (SSSR count). The van der Waals surface area contributed by atoms with Crippen molar-refractivity contribution in [2.24, 2.45) is 10.8 Å². The van der Waals surface area contributed by atoms with E-state index in [4.69, 9.17) is 10.6 Å². The number of nitrogens with two attached hydrogens (primary N) is 1. The standard InChI is InChI=1S/C19H20N4O3/c1-2-26-18(24)11-8-14-6-9-16(10-7-14)23-19(25)15-4-3-5-17(12-15)21-13-22-20/h3-13H,2,20H2,1H3,(H,21,22)(H,23,25). The zero-order chi connectivity index (χ0) is 18.8. The molecule has 0 heterocycles. The Balaban J connectivity index is 2.01. The van der Waals surface area contributed by atoms with E-state index in [1.165, 1.54) is 12.4 Å². The summed E-state index contributed by atoms with van der Waals surface area (Å²) in [4.78, 5) is 27.7. The van der Waals surface area contributed by atoms with Crippen molar-refractivity contribution in [3.05, 3.63) is 65.7 Å². The number of amides is 1. The third-order valence-corrected chi connectivity index (χ3v) is 3.26. The summed E-state index contributed by atoms with van der Waals surface area (Å²) in [6.45, 7) is 2.09. The van der Waals surface area contributed by atoms with Gasteiger partial charge < -0.3 is 15.5 Å². The highest BCUT2D eigenvalue weighted by atomic mass is 16.5. The van der Waals surface area contributed by atoms with Gasteiger partial charge in [0.2, 0.25) is 0 Å². The Morgan fingerprint density at radius 1 is 1.19 bits per heavy atom. The van der Waals surface area contributed by atoms with E-state index in [1.54, 1.807) is 61.5 Å². The predicted molar refractivity (Wildman–Crippen MR) is 102 cm³/mol. The fraction of sp³-hybridized carbons (Fsp3) is 0.105. The highest BCUT2D eigenvalue weighted by Crippen LogP contribution is 2.16. The minimum atomic E-state index is -0.391. The van der Waals surface area contributed by atoms with Crippen LogP contribution in [0.3, 0.4) is 0 Å². The van der Waals surface area contributed by atoms with E-state index < -0.39 is 5.97 Å². The molecule has 0 unspecified atom stereocenters. The molecular formula is C19H20N4O3. The molecule has 0 aliphatic rings. The predicted octanol–water partition coefficient (Wildman–Crippen LogP) is 2.64. The van der Waals surface area contributed by atoms with Crippen molar-refractivity contribution in [2.45, 2.75) is 6.92 Å². The number of esters is 1. The number of ether oxygens (including phenoxy) is 1. The van der Waals surface area contributed by atoms with Crippen molar-refractivity contribution in [1.82, 2.24) is 5.43 Å². The SMILES string of the molecule is CCOC(=O)C=Cc1ccc(NC(=O)c2cccc(N=CNN)c2)cc1. The molecule has 26 heavy (non-hydrogen) atoms. The van der Waals surface area contributed by atoms with Gasteiger partial charge in [-0.3, -0.25) is 4.79 Å². The quantitative estimate of drug-likeness (QED) is 0.177. The summed E-state index contributed by atoms with van der Waals surface area (Å²) in [5.74, 6) is 4.49. The minimum Gasteiger partial charge on any atom is -0.463 e. The highest BCUT2D eigenvalue weighted by molar-refractivity contribution is 6.04. The number of hydrogen-bond acceptors (Lipinski definition) is 5. The first kappa shape index (κ1) is 18.9. The van der Waals surface area contributed by atoms with Crippen LogP contribution in [0.1, 0.15) is 22.8 Å². The molecule has 0 radical (unpaired) electrons. The molecule has 0 aliphatic carbocycles. The van der Waals surface area contributed by atoms with Crippen molar-refractivity contribution in [1.29, 1.82) is 0 Å². The lowest BCUT2D eigenvalue weighted by Gasteiger charge is -2.06. The molecule has 0 aromatic heterocycles. The van der Waals surface area contributed by atoms with Crippen LogP contribution in [0.15, 0.2) is 59.6 Å². The third-order valence-electron chi connectivity index (χ3n) is 3.26. The number of benzene rings is 2. The van der Waals surface area contributed by atoms with Crippen LogP contribution in [0.4, 0.5) is 11.4 Å². The normalized spacial score (nSPS) is 10.8. The van der Waals surface area contributed by atoms with Gasteiger partial charge in [-0.2, -0.15) is 0 Å². The minimum absolute atomic E-state index is 0.252. The largest absolute Gasteiger partial charge is 0.463 e. The molecule has 7 nitrogen and oxygen atoms in total. The molecule has 0 saturated carbocycles. The summed E-state index contributed by atoms with van der Waals surface area (Å²) < 4.78 is 4.82. The maximum Gasteiger partial charge on any atom is 0.330 e. The summed E-state index contributed by atoms with van der Waals surface area (Å²) in [7, 11) is 0. The summed E-state index contributed by atoms with van der Waals surface area (Å²) in [5, 5.41) is 2.81. The zero-order valence-electron chi connectivity index (χ0n) is 14.3. The summed E-state index contributed by atoms with van der Waals surface area (Å²) in [5.41, 5.74) is 4.85. The van der Waals surface area contributed by atoms with Gasteiger partial charge in [0.1, 0.15) is 6.34 Å². The average molecular weight is 352 g/mol. The molecule has 134 valence electrons. The average Bonchev–Trinajstić information content (AvgIpc) is 2.66. The Hall–Kier alpha value is -3.45.